The molecule has 4 fully saturated rings. The zero-order chi connectivity index (χ0) is 19.0. The Morgan fingerprint density at radius 1 is 1.30 bits per heavy atom. The summed E-state index contributed by atoms with van der Waals surface area (Å²) in [5.41, 5.74) is 0.768. The summed E-state index contributed by atoms with van der Waals surface area (Å²) in [7, 11) is 3.70. The van der Waals surface area contributed by atoms with Gasteiger partial charge in [-0.1, -0.05) is 6.07 Å². The molecular formula is C20H28N4O3. The van der Waals surface area contributed by atoms with Crippen molar-refractivity contribution in [2.24, 2.45) is 5.92 Å². The second-order valence-electron chi connectivity index (χ2n) is 8.29. The van der Waals surface area contributed by atoms with Crippen molar-refractivity contribution in [2.75, 3.05) is 33.8 Å². The predicted molar refractivity (Wildman–Crippen MR) is 99.8 cm³/mol. The number of nitrogens with one attached hydrogen (secondary N) is 1. The molecule has 4 aliphatic rings. The van der Waals surface area contributed by atoms with E-state index in [1.54, 1.807) is 18.1 Å². The van der Waals surface area contributed by atoms with Gasteiger partial charge in [0.1, 0.15) is 12.1 Å². The molecule has 7 nitrogen and oxygen atoms in total. The van der Waals surface area contributed by atoms with Gasteiger partial charge in [-0.2, -0.15) is 0 Å². The average Bonchev–Trinajstić information content (AvgIpc) is 2.54. The zero-order valence-electron chi connectivity index (χ0n) is 16.1. The molecule has 1 N–H and O–H groups in total. The lowest BCUT2D eigenvalue weighted by atomic mass is 9.50. The minimum atomic E-state index is -0.455. The summed E-state index contributed by atoms with van der Waals surface area (Å²) in [6, 6.07) is 5.19. The van der Waals surface area contributed by atoms with Crippen LogP contribution in [0.25, 0.3) is 0 Å². The van der Waals surface area contributed by atoms with Crippen LogP contribution >= 0.6 is 0 Å². The minimum Gasteiger partial charge on any atom is -0.368 e. The summed E-state index contributed by atoms with van der Waals surface area (Å²) >= 11 is 0. The van der Waals surface area contributed by atoms with Crippen molar-refractivity contribution in [3.63, 3.8) is 0 Å². The minimum absolute atomic E-state index is 0.00524. The van der Waals surface area contributed by atoms with Gasteiger partial charge in [-0.15, -0.1) is 0 Å². The number of likely N-dealkylation sites (N-methyl/N-ethyl adjacent to an activating group) is 2. The highest BCUT2D eigenvalue weighted by Crippen LogP contribution is 2.57. The molecule has 1 aromatic heterocycles. The van der Waals surface area contributed by atoms with E-state index in [1.807, 2.05) is 30.1 Å². The molecule has 1 aliphatic heterocycles. The number of hydrogen-bond acceptors (Lipinski definition) is 5. The Morgan fingerprint density at radius 3 is 2.56 bits per heavy atom. The normalized spacial score (nSPS) is 29.1. The lowest BCUT2D eigenvalue weighted by molar-refractivity contribution is -0.154. The molecule has 5 rings (SSSR count). The summed E-state index contributed by atoms with van der Waals surface area (Å²) in [6.07, 6.45) is 5.54. The Morgan fingerprint density at radius 2 is 2.04 bits per heavy atom. The molecule has 2 heterocycles. The van der Waals surface area contributed by atoms with Crippen LogP contribution in [0, 0.1) is 5.92 Å². The van der Waals surface area contributed by atoms with Crippen LogP contribution in [0.5, 0.6) is 0 Å². The fourth-order valence-electron chi connectivity index (χ4n) is 4.28. The molecule has 0 spiro atoms. The van der Waals surface area contributed by atoms with E-state index in [4.69, 9.17) is 4.74 Å². The number of amides is 2. The first-order valence-electron chi connectivity index (χ1n) is 9.77. The van der Waals surface area contributed by atoms with Gasteiger partial charge in [-0.25, -0.2) is 0 Å². The standard InChI is InChI=1S/C20H28N4O3/c1-23(8-9-24(2)19(26)16-6-10-27-16)17(15-5-3-4-7-21-15)18(25)22-20-11-14(12-20)13-20/h3-5,7,14,16-17H,6,8-13H2,1-2H3,(H,22,25). The SMILES string of the molecule is CN(CCN(C)C(C(=O)NC12CC(C1)C2)c1ccccn1)C(=O)C1CCO1. The number of ether oxygens (including phenoxy) is 1. The van der Waals surface area contributed by atoms with E-state index in [0.717, 1.165) is 37.3 Å². The van der Waals surface area contributed by atoms with Gasteiger partial charge in [0.2, 0.25) is 5.91 Å². The first-order valence-corrected chi connectivity index (χ1v) is 9.77. The number of hydrogen-bond donors (Lipinski definition) is 1. The number of carbonyl (C=O) groups is 2. The first-order chi connectivity index (χ1) is 13.0. The third kappa shape index (κ3) is 3.58. The number of carbonyl (C=O) groups excluding carboxylic acids is 2. The van der Waals surface area contributed by atoms with Crippen molar-refractivity contribution in [3.8, 4) is 0 Å². The summed E-state index contributed by atoms with van der Waals surface area (Å²) in [4.78, 5) is 33.4. The molecule has 2 amide bonds. The van der Waals surface area contributed by atoms with Crippen molar-refractivity contribution >= 4 is 11.8 Å². The van der Waals surface area contributed by atoms with E-state index < -0.39 is 6.04 Å². The van der Waals surface area contributed by atoms with Gasteiger partial charge in [0.15, 0.2) is 0 Å². The van der Waals surface area contributed by atoms with Gasteiger partial charge in [-0.3, -0.25) is 19.5 Å². The van der Waals surface area contributed by atoms with Crippen LogP contribution in [0.4, 0.5) is 0 Å². The van der Waals surface area contributed by atoms with E-state index >= 15 is 0 Å². The van der Waals surface area contributed by atoms with E-state index in [-0.39, 0.29) is 23.5 Å². The number of pyridine rings is 1. The van der Waals surface area contributed by atoms with E-state index in [0.29, 0.717) is 19.7 Å². The molecule has 2 atom stereocenters. The Kier molecular flexibility index (Phi) is 4.90. The van der Waals surface area contributed by atoms with Crippen LogP contribution in [-0.4, -0.2) is 72.0 Å². The fourth-order valence-corrected chi connectivity index (χ4v) is 4.28. The summed E-state index contributed by atoms with van der Waals surface area (Å²) in [6.45, 7) is 1.78. The summed E-state index contributed by atoms with van der Waals surface area (Å²) in [5, 5.41) is 3.26. The Hall–Kier alpha value is -1.99. The van der Waals surface area contributed by atoms with Crippen molar-refractivity contribution < 1.29 is 14.3 Å². The smallest absolute Gasteiger partial charge is 0.251 e. The van der Waals surface area contributed by atoms with Crippen LogP contribution in [0.15, 0.2) is 24.4 Å². The highest BCUT2D eigenvalue weighted by molar-refractivity contribution is 5.84. The fraction of sp³-hybridized carbons (Fsp3) is 0.650. The maximum atomic E-state index is 13.1. The molecule has 3 saturated carbocycles. The molecule has 146 valence electrons. The second kappa shape index (κ2) is 7.20. The third-order valence-corrected chi connectivity index (χ3v) is 6.22. The van der Waals surface area contributed by atoms with Crippen molar-refractivity contribution in [3.05, 3.63) is 30.1 Å². The van der Waals surface area contributed by atoms with E-state index in [1.165, 1.54) is 0 Å². The second-order valence-corrected chi connectivity index (χ2v) is 8.29. The number of nitrogens with zero attached hydrogens (tertiary/aromatic N) is 3. The van der Waals surface area contributed by atoms with Crippen LogP contribution < -0.4 is 5.32 Å². The molecule has 2 bridgehead atoms. The quantitative estimate of drug-likeness (QED) is 0.736. The summed E-state index contributed by atoms with van der Waals surface area (Å²) in [5.74, 6) is 0.831. The highest BCUT2D eigenvalue weighted by Gasteiger charge is 2.57. The topological polar surface area (TPSA) is 74.8 Å². The van der Waals surface area contributed by atoms with Crippen molar-refractivity contribution in [1.82, 2.24) is 20.1 Å². The van der Waals surface area contributed by atoms with E-state index in [9.17, 15) is 9.59 Å². The third-order valence-electron chi connectivity index (χ3n) is 6.22. The largest absolute Gasteiger partial charge is 0.368 e. The Labute approximate surface area is 160 Å². The maximum absolute atomic E-state index is 13.1. The number of rotatable bonds is 8. The molecule has 1 aromatic rings. The van der Waals surface area contributed by atoms with E-state index in [2.05, 4.69) is 10.3 Å². The van der Waals surface area contributed by atoms with Crippen molar-refractivity contribution in [2.45, 2.75) is 43.4 Å². The van der Waals surface area contributed by atoms with Gasteiger partial charge in [0.05, 0.1) is 12.3 Å². The lowest BCUT2D eigenvalue weighted by Crippen LogP contribution is -2.69. The van der Waals surface area contributed by atoms with Gasteiger partial charge >= 0.3 is 0 Å². The Balaban J connectivity index is 1.39. The van der Waals surface area contributed by atoms with Gasteiger partial charge < -0.3 is 15.0 Å². The van der Waals surface area contributed by atoms with Gasteiger partial charge in [-0.05, 0) is 44.4 Å². The van der Waals surface area contributed by atoms with Crippen LogP contribution in [-0.2, 0) is 14.3 Å². The molecule has 27 heavy (non-hydrogen) atoms. The molecule has 7 heteroatoms. The predicted octanol–water partition coefficient (Wildman–Crippen LogP) is 0.971. The first kappa shape index (κ1) is 18.4. The van der Waals surface area contributed by atoms with Crippen LogP contribution in [0.1, 0.15) is 37.4 Å². The van der Waals surface area contributed by atoms with Crippen molar-refractivity contribution in [1.29, 1.82) is 0 Å². The molecule has 3 aliphatic carbocycles. The summed E-state index contributed by atoms with van der Waals surface area (Å²) < 4.78 is 5.27. The zero-order valence-corrected chi connectivity index (χ0v) is 16.1. The molecule has 1 saturated heterocycles. The van der Waals surface area contributed by atoms with Gasteiger partial charge in [0, 0.05) is 38.3 Å². The highest BCUT2D eigenvalue weighted by atomic mass is 16.5. The number of aromatic nitrogens is 1. The molecule has 2 unspecified atom stereocenters. The monoisotopic (exact) mass is 372 g/mol. The molecule has 0 aromatic carbocycles. The lowest BCUT2D eigenvalue weighted by Gasteiger charge is -2.62. The van der Waals surface area contributed by atoms with Crippen LogP contribution in [0.2, 0.25) is 0 Å². The average molecular weight is 372 g/mol. The molecular weight excluding hydrogens is 344 g/mol. The molecule has 0 radical (unpaired) electrons. The van der Waals surface area contributed by atoms with Gasteiger partial charge in [0.25, 0.3) is 5.91 Å². The Bertz CT molecular complexity index is 689. The maximum Gasteiger partial charge on any atom is 0.251 e. The van der Waals surface area contributed by atoms with Crippen LogP contribution in [0.3, 0.4) is 0 Å².